The van der Waals surface area contributed by atoms with Crippen molar-refractivity contribution in [1.29, 1.82) is 0 Å². The van der Waals surface area contributed by atoms with Gasteiger partial charge in [-0.15, -0.1) is 0 Å². The van der Waals surface area contributed by atoms with Crippen molar-refractivity contribution in [3.63, 3.8) is 0 Å². The molecular weight excluding hydrogens is 414 g/mol. The predicted molar refractivity (Wildman–Crippen MR) is 118 cm³/mol. The highest BCUT2D eigenvalue weighted by molar-refractivity contribution is 6.46. The molecule has 32 heavy (non-hydrogen) atoms. The van der Waals surface area contributed by atoms with Gasteiger partial charge in [0.15, 0.2) is 11.5 Å². The topological polar surface area (TPSA) is 94.5 Å². The number of aliphatic hydroxyl groups excluding tert-OH is 1. The van der Waals surface area contributed by atoms with Gasteiger partial charge in [0.2, 0.25) is 0 Å². The number of ether oxygens (including phenoxy) is 4. The Bertz CT molecular complexity index is 1060. The summed E-state index contributed by atoms with van der Waals surface area (Å²) < 4.78 is 21.1. The third-order valence-corrected chi connectivity index (χ3v) is 5.47. The van der Waals surface area contributed by atoms with Crippen LogP contribution in [0.4, 0.5) is 0 Å². The first kappa shape index (κ1) is 23.1. The molecule has 1 aliphatic heterocycles. The maximum atomic E-state index is 13.0. The molecular formula is C24H27NO7. The minimum atomic E-state index is -0.813. The molecule has 1 saturated heterocycles. The van der Waals surface area contributed by atoms with Gasteiger partial charge >= 0.3 is 0 Å². The Morgan fingerprint density at radius 1 is 0.938 bits per heavy atom. The standard InChI is InChI=1S/C24H27NO7/c1-14-12-16(7-8-17(14)30-3)22(26)20-21(25(10-11-29-2)24(28)23(20)27)15-6-9-18(31-4)19(13-15)32-5/h6-9,12-13,21,26H,10-11H2,1-5H3/b22-20-. The third kappa shape index (κ3) is 4.13. The van der Waals surface area contributed by atoms with Gasteiger partial charge in [-0.3, -0.25) is 9.59 Å². The largest absolute Gasteiger partial charge is 0.507 e. The van der Waals surface area contributed by atoms with E-state index < -0.39 is 17.7 Å². The fourth-order valence-electron chi connectivity index (χ4n) is 3.85. The van der Waals surface area contributed by atoms with Crippen LogP contribution >= 0.6 is 0 Å². The zero-order valence-electron chi connectivity index (χ0n) is 18.8. The molecule has 0 radical (unpaired) electrons. The van der Waals surface area contributed by atoms with Crippen molar-refractivity contribution in [2.75, 3.05) is 41.6 Å². The first-order valence-corrected chi connectivity index (χ1v) is 10.0. The van der Waals surface area contributed by atoms with Gasteiger partial charge in [0.05, 0.1) is 39.6 Å². The lowest BCUT2D eigenvalue weighted by atomic mass is 9.94. The van der Waals surface area contributed by atoms with E-state index in [-0.39, 0.29) is 24.5 Å². The number of carbonyl (C=O) groups excluding carboxylic acids is 2. The van der Waals surface area contributed by atoms with Gasteiger partial charge in [-0.25, -0.2) is 0 Å². The number of aliphatic hydroxyl groups is 1. The molecule has 0 aromatic heterocycles. The van der Waals surface area contributed by atoms with Crippen molar-refractivity contribution in [1.82, 2.24) is 4.90 Å². The third-order valence-electron chi connectivity index (χ3n) is 5.47. The summed E-state index contributed by atoms with van der Waals surface area (Å²) in [4.78, 5) is 27.3. The number of carbonyl (C=O) groups is 2. The highest BCUT2D eigenvalue weighted by atomic mass is 16.5. The molecule has 8 heteroatoms. The lowest BCUT2D eigenvalue weighted by Gasteiger charge is -2.25. The summed E-state index contributed by atoms with van der Waals surface area (Å²) in [5.41, 5.74) is 1.80. The van der Waals surface area contributed by atoms with Crippen LogP contribution < -0.4 is 14.2 Å². The van der Waals surface area contributed by atoms with E-state index in [0.29, 0.717) is 28.4 Å². The Hall–Kier alpha value is -3.52. The Kier molecular flexibility index (Phi) is 7.05. The van der Waals surface area contributed by atoms with Gasteiger partial charge < -0.3 is 29.0 Å². The molecule has 1 N–H and O–H groups in total. The molecule has 1 unspecified atom stereocenters. The maximum Gasteiger partial charge on any atom is 0.295 e. The summed E-state index contributed by atoms with van der Waals surface area (Å²) in [5, 5.41) is 11.2. The van der Waals surface area contributed by atoms with Gasteiger partial charge in [0, 0.05) is 19.2 Å². The molecule has 0 spiro atoms. The summed E-state index contributed by atoms with van der Waals surface area (Å²) in [7, 11) is 6.10. The Balaban J connectivity index is 2.20. The van der Waals surface area contributed by atoms with E-state index in [9.17, 15) is 14.7 Å². The van der Waals surface area contributed by atoms with E-state index in [4.69, 9.17) is 18.9 Å². The van der Waals surface area contributed by atoms with E-state index in [0.717, 1.165) is 5.56 Å². The van der Waals surface area contributed by atoms with Crippen LogP contribution in [-0.4, -0.2) is 63.3 Å². The monoisotopic (exact) mass is 441 g/mol. The summed E-state index contributed by atoms with van der Waals surface area (Å²) in [6.45, 7) is 2.25. The lowest BCUT2D eigenvalue weighted by Crippen LogP contribution is -2.32. The Morgan fingerprint density at radius 2 is 1.59 bits per heavy atom. The van der Waals surface area contributed by atoms with E-state index in [1.54, 1.807) is 43.5 Å². The van der Waals surface area contributed by atoms with Crippen molar-refractivity contribution < 1.29 is 33.6 Å². The average Bonchev–Trinajstić information content (AvgIpc) is 3.06. The number of aryl methyl sites for hydroxylation is 1. The van der Waals surface area contributed by atoms with Crippen molar-refractivity contribution in [3.05, 3.63) is 58.7 Å². The van der Waals surface area contributed by atoms with E-state index in [1.165, 1.54) is 26.2 Å². The summed E-state index contributed by atoms with van der Waals surface area (Å²) >= 11 is 0. The molecule has 1 aliphatic rings. The fraction of sp³-hybridized carbons (Fsp3) is 0.333. The zero-order valence-corrected chi connectivity index (χ0v) is 18.8. The SMILES string of the molecule is COCCN1C(=O)C(=O)/C(=C(\O)c2ccc(OC)c(C)c2)C1c1ccc(OC)c(OC)c1. The molecule has 0 saturated carbocycles. The van der Waals surface area contributed by atoms with Crippen LogP contribution in [0, 0.1) is 6.92 Å². The molecule has 1 atom stereocenters. The molecule has 1 heterocycles. The number of hydrogen-bond donors (Lipinski definition) is 1. The number of likely N-dealkylation sites (tertiary alicyclic amines) is 1. The molecule has 0 aliphatic carbocycles. The minimum Gasteiger partial charge on any atom is -0.507 e. The fourth-order valence-corrected chi connectivity index (χ4v) is 3.85. The predicted octanol–water partition coefficient (Wildman–Crippen LogP) is 3.09. The summed E-state index contributed by atoms with van der Waals surface area (Å²) in [6.07, 6.45) is 0. The van der Waals surface area contributed by atoms with Crippen LogP contribution in [-0.2, 0) is 14.3 Å². The maximum absolute atomic E-state index is 13.0. The first-order valence-electron chi connectivity index (χ1n) is 10.0. The van der Waals surface area contributed by atoms with Crippen LogP contribution in [0.2, 0.25) is 0 Å². The number of amides is 1. The molecule has 170 valence electrons. The highest BCUT2D eigenvalue weighted by Crippen LogP contribution is 2.42. The minimum absolute atomic E-state index is 0.00268. The molecule has 2 aromatic carbocycles. The molecule has 0 bridgehead atoms. The van der Waals surface area contributed by atoms with Crippen molar-refractivity contribution in [2.24, 2.45) is 0 Å². The molecule has 8 nitrogen and oxygen atoms in total. The zero-order chi connectivity index (χ0) is 23.4. The van der Waals surface area contributed by atoms with Gasteiger partial charge in [0.25, 0.3) is 11.7 Å². The summed E-state index contributed by atoms with van der Waals surface area (Å²) in [5.74, 6) is -0.105. The normalized spacial score (nSPS) is 17.5. The smallest absolute Gasteiger partial charge is 0.295 e. The number of benzene rings is 2. The second-order valence-corrected chi connectivity index (χ2v) is 7.28. The van der Waals surface area contributed by atoms with Crippen molar-refractivity contribution in [3.8, 4) is 17.2 Å². The Labute approximate surface area is 187 Å². The molecule has 3 rings (SSSR count). The van der Waals surface area contributed by atoms with Gasteiger partial charge in [0.1, 0.15) is 11.5 Å². The van der Waals surface area contributed by atoms with Crippen molar-refractivity contribution >= 4 is 17.4 Å². The van der Waals surface area contributed by atoms with Crippen molar-refractivity contribution in [2.45, 2.75) is 13.0 Å². The molecule has 1 amide bonds. The Morgan fingerprint density at radius 3 is 2.19 bits per heavy atom. The number of Topliss-reactive ketones (excluding diaryl/α,β-unsaturated/α-hetero) is 1. The quantitative estimate of drug-likeness (QED) is 0.382. The van der Waals surface area contributed by atoms with Crippen LogP contribution in [0.15, 0.2) is 42.0 Å². The number of rotatable bonds is 8. The van der Waals surface area contributed by atoms with Crippen LogP contribution in [0.25, 0.3) is 5.76 Å². The number of ketones is 1. The second-order valence-electron chi connectivity index (χ2n) is 7.28. The van der Waals surface area contributed by atoms with Gasteiger partial charge in [-0.05, 0) is 48.4 Å². The summed E-state index contributed by atoms with van der Waals surface area (Å²) in [6, 6.07) is 9.38. The number of methoxy groups -OCH3 is 4. The van der Waals surface area contributed by atoms with Gasteiger partial charge in [-0.1, -0.05) is 6.07 Å². The van der Waals surface area contributed by atoms with Crippen LogP contribution in [0.5, 0.6) is 17.2 Å². The van der Waals surface area contributed by atoms with Crippen LogP contribution in [0.1, 0.15) is 22.7 Å². The van der Waals surface area contributed by atoms with E-state index >= 15 is 0 Å². The first-order chi connectivity index (χ1) is 15.4. The average molecular weight is 441 g/mol. The van der Waals surface area contributed by atoms with E-state index in [2.05, 4.69) is 0 Å². The number of hydrogen-bond acceptors (Lipinski definition) is 7. The number of nitrogens with zero attached hydrogens (tertiary/aromatic N) is 1. The lowest BCUT2D eigenvalue weighted by molar-refractivity contribution is -0.140. The second kappa shape index (κ2) is 9.74. The van der Waals surface area contributed by atoms with Crippen LogP contribution in [0.3, 0.4) is 0 Å². The molecule has 2 aromatic rings. The van der Waals surface area contributed by atoms with Gasteiger partial charge in [-0.2, -0.15) is 0 Å². The van der Waals surface area contributed by atoms with E-state index in [1.807, 2.05) is 6.92 Å². The molecule has 1 fully saturated rings. The highest BCUT2D eigenvalue weighted by Gasteiger charge is 2.46.